The van der Waals surface area contributed by atoms with Gasteiger partial charge in [0.25, 0.3) is 5.56 Å². The second-order valence-electron chi connectivity index (χ2n) is 7.81. The number of hydrogen-bond acceptors (Lipinski definition) is 6. The van der Waals surface area contributed by atoms with Gasteiger partial charge in [-0.2, -0.15) is 4.98 Å². The molecule has 8 heteroatoms. The van der Waals surface area contributed by atoms with E-state index in [0.717, 1.165) is 55.3 Å². The summed E-state index contributed by atoms with van der Waals surface area (Å²) in [5.41, 5.74) is 2.16. The highest BCUT2D eigenvalue weighted by molar-refractivity contribution is 5.66. The van der Waals surface area contributed by atoms with Crippen molar-refractivity contribution in [3.63, 3.8) is 0 Å². The van der Waals surface area contributed by atoms with Crippen molar-refractivity contribution in [3.8, 4) is 22.8 Å². The lowest BCUT2D eigenvalue weighted by atomic mass is 10.1. The van der Waals surface area contributed by atoms with E-state index in [1.807, 2.05) is 12.1 Å². The zero-order valence-electron chi connectivity index (χ0n) is 16.7. The SMILES string of the molecule is CCc1[nH]n(C2CCCC2)c2nc(-c3ccnc(N4CCOCC4)c3)nc(=O)c1-2. The molecule has 0 radical (unpaired) electrons. The van der Waals surface area contributed by atoms with E-state index in [4.69, 9.17) is 9.72 Å². The highest BCUT2D eigenvalue weighted by atomic mass is 16.5. The molecular weight excluding hydrogens is 368 g/mol. The standard InChI is InChI=1S/C21H26N6O2/c1-2-16-18-20(27(25-16)15-5-3-4-6-15)23-19(24-21(18)28)14-7-8-22-17(13-14)26-9-11-29-12-10-26/h7-8,13,15,25H,2-6,9-12H2,1H3. The van der Waals surface area contributed by atoms with Gasteiger partial charge in [-0.3, -0.25) is 14.6 Å². The minimum absolute atomic E-state index is 0.209. The summed E-state index contributed by atoms with van der Waals surface area (Å²) in [6, 6.07) is 4.22. The Morgan fingerprint density at radius 2 is 2.00 bits per heavy atom. The van der Waals surface area contributed by atoms with E-state index in [0.29, 0.717) is 30.6 Å². The highest BCUT2D eigenvalue weighted by Gasteiger charge is 2.28. The van der Waals surface area contributed by atoms with E-state index in [1.165, 1.54) is 12.8 Å². The minimum Gasteiger partial charge on any atom is -0.378 e. The van der Waals surface area contributed by atoms with E-state index >= 15 is 0 Å². The summed E-state index contributed by atoms with van der Waals surface area (Å²) in [7, 11) is 0. The van der Waals surface area contributed by atoms with Gasteiger partial charge >= 0.3 is 0 Å². The fourth-order valence-corrected chi connectivity index (χ4v) is 4.46. The molecule has 8 nitrogen and oxygen atoms in total. The van der Waals surface area contributed by atoms with Crippen LogP contribution in [0, 0.1) is 0 Å². The first kappa shape index (κ1) is 18.3. The van der Waals surface area contributed by atoms with Crippen LogP contribution in [-0.2, 0) is 11.2 Å². The molecule has 0 amide bonds. The van der Waals surface area contributed by atoms with Gasteiger partial charge in [-0.25, -0.2) is 9.97 Å². The number of aryl methyl sites for hydroxylation is 1. The smallest absolute Gasteiger partial charge is 0.284 e. The zero-order chi connectivity index (χ0) is 19.8. The molecule has 1 saturated carbocycles. The van der Waals surface area contributed by atoms with Gasteiger partial charge in [-0.1, -0.05) is 19.8 Å². The van der Waals surface area contributed by atoms with Gasteiger partial charge in [0.05, 0.1) is 19.3 Å². The Balaban J connectivity index is 1.59. The van der Waals surface area contributed by atoms with Crippen molar-refractivity contribution in [1.29, 1.82) is 0 Å². The van der Waals surface area contributed by atoms with Crippen molar-refractivity contribution in [2.45, 2.75) is 45.1 Å². The summed E-state index contributed by atoms with van der Waals surface area (Å²) >= 11 is 0. The number of hydrogen-bond donors (Lipinski definition) is 1. The van der Waals surface area contributed by atoms with Gasteiger partial charge < -0.3 is 9.64 Å². The average molecular weight is 394 g/mol. The summed E-state index contributed by atoms with van der Waals surface area (Å²) in [5.74, 6) is 2.07. The number of ether oxygens (including phenoxy) is 1. The number of anilines is 1. The minimum atomic E-state index is -0.209. The number of pyridine rings is 1. The average Bonchev–Trinajstić information content (AvgIpc) is 3.42. The van der Waals surface area contributed by atoms with Gasteiger partial charge in [0.1, 0.15) is 11.4 Å². The molecule has 4 aliphatic rings. The third-order valence-electron chi connectivity index (χ3n) is 6.02. The van der Waals surface area contributed by atoms with E-state index in [-0.39, 0.29) is 5.56 Å². The first-order valence-electron chi connectivity index (χ1n) is 10.5. The molecule has 0 unspecified atom stereocenters. The largest absolute Gasteiger partial charge is 0.378 e. The lowest BCUT2D eigenvalue weighted by Crippen LogP contribution is -2.36. The van der Waals surface area contributed by atoms with Crippen LogP contribution in [0.1, 0.15) is 44.3 Å². The summed E-state index contributed by atoms with van der Waals surface area (Å²) in [6.45, 7) is 5.06. The maximum Gasteiger partial charge on any atom is 0.284 e. The van der Waals surface area contributed by atoms with E-state index in [9.17, 15) is 4.79 Å². The predicted octanol–water partition coefficient (Wildman–Crippen LogP) is 2.65. The molecule has 4 heterocycles. The third-order valence-corrected chi connectivity index (χ3v) is 6.02. The van der Waals surface area contributed by atoms with Gasteiger partial charge in [-0.05, 0) is 31.4 Å². The molecule has 0 aromatic carbocycles. The van der Waals surface area contributed by atoms with Gasteiger partial charge in [0.15, 0.2) is 11.6 Å². The number of nitrogens with zero attached hydrogens (tertiary/aromatic N) is 5. The van der Waals surface area contributed by atoms with Gasteiger partial charge in [-0.15, -0.1) is 0 Å². The molecule has 1 aromatic heterocycles. The van der Waals surface area contributed by atoms with Crippen LogP contribution >= 0.6 is 0 Å². The van der Waals surface area contributed by atoms with Crippen molar-refractivity contribution >= 4 is 5.82 Å². The van der Waals surface area contributed by atoms with Gasteiger partial charge in [0, 0.05) is 30.5 Å². The Morgan fingerprint density at radius 1 is 1.21 bits per heavy atom. The summed E-state index contributed by atoms with van der Waals surface area (Å²) in [5, 5.41) is 3.44. The number of morpholine rings is 1. The quantitative estimate of drug-likeness (QED) is 0.732. The molecule has 2 fully saturated rings. The van der Waals surface area contributed by atoms with Crippen LogP contribution in [0.2, 0.25) is 0 Å². The molecule has 0 spiro atoms. The zero-order valence-corrected chi connectivity index (χ0v) is 16.7. The van der Waals surface area contributed by atoms with Crippen molar-refractivity contribution in [2.24, 2.45) is 0 Å². The van der Waals surface area contributed by atoms with Gasteiger partial charge in [0.2, 0.25) is 0 Å². The molecule has 29 heavy (non-hydrogen) atoms. The molecular formula is C21H26N6O2. The van der Waals surface area contributed by atoms with Crippen LogP contribution < -0.4 is 10.5 Å². The Hall–Kier alpha value is -2.74. The Morgan fingerprint density at radius 3 is 2.76 bits per heavy atom. The van der Waals surface area contributed by atoms with E-state index < -0.39 is 0 Å². The highest BCUT2D eigenvalue weighted by Crippen LogP contribution is 2.34. The summed E-state index contributed by atoms with van der Waals surface area (Å²) in [4.78, 5) is 28.8. The number of fused-ring (bicyclic) bond motifs is 1. The fourth-order valence-electron chi connectivity index (χ4n) is 4.46. The van der Waals surface area contributed by atoms with Crippen LogP contribution in [0.4, 0.5) is 5.82 Å². The van der Waals surface area contributed by atoms with E-state index in [1.54, 1.807) is 6.20 Å². The first-order valence-corrected chi connectivity index (χ1v) is 10.5. The number of H-pyrrole nitrogens is 1. The maximum absolute atomic E-state index is 12.9. The fraction of sp³-hybridized carbons (Fsp3) is 0.524. The lowest BCUT2D eigenvalue weighted by molar-refractivity contribution is 0.122. The van der Waals surface area contributed by atoms with Crippen molar-refractivity contribution < 1.29 is 4.74 Å². The number of aromatic nitrogens is 5. The second kappa shape index (κ2) is 7.59. The summed E-state index contributed by atoms with van der Waals surface area (Å²) < 4.78 is 7.54. The normalized spacial score (nSPS) is 18.0. The molecule has 1 aliphatic carbocycles. The third kappa shape index (κ3) is 3.31. The number of aromatic amines is 1. The molecule has 1 saturated heterocycles. The van der Waals surface area contributed by atoms with Crippen molar-refractivity contribution in [2.75, 3.05) is 31.2 Å². The monoisotopic (exact) mass is 394 g/mol. The van der Waals surface area contributed by atoms with Crippen LogP contribution in [-0.4, -0.2) is 51.0 Å². The number of rotatable bonds is 4. The molecule has 3 aliphatic heterocycles. The lowest BCUT2D eigenvalue weighted by Gasteiger charge is -2.27. The van der Waals surface area contributed by atoms with Crippen LogP contribution in [0.25, 0.3) is 22.8 Å². The predicted molar refractivity (Wildman–Crippen MR) is 110 cm³/mol. The van der Waals surface area contributed by atoms with Crippen LogP contribution in [0.3, 0.4) is 0 Å². The Bertz CT molecular complexity index is 1030. The van der Waals surface area contributed by atoms with Crippen molar-refractivity contribution in [1.82, 2.24) is 24.7 Å². The van der Waals surface area contributed by atoms with E-state index in [2.05, 4.69) is 31.6 Å². The first-order chi connectivity index (χ1) is 14.2. The van der Waals surface area contributed by atoms with Crippen LogP contribution in [0.15, 0.2) is 23.1 Å². The molecule has 0 bridgehead atoms. The molecule has 152 valence electrons. The molecule has 0 atom stereocenters. The molecule has 1 aromatic rings. The molecule has 1 N–H and O–H groups in total. The Labute approximate surface area is 169 Å². The molecule has 5 rings (SSSR count). The van der Waals surface area contributed by atoms with Crippen molar-refractivity contribution in [3.05, 3.63) is 34.4 Å². The number of nitrogens with one attached hydrogen (secondary N) is 1. The summed E-state index contributed by atoms with van der Waals surface area (Å²) in [6.07, 6.45) is 7.19. The second-order valence-corrected chi connectivity index (χ2v) is 7.81. The van der Waals surface area contributed by atoms with Crippen LogP contribution in [0.5, 0.6) is 0 Å². The topological polar surface area (TPSA) is 88.9 Å². The Kier molecular flexibility index (Phi) is 4.79. The maximum atomic E-state index is 12.9.